The Morgan fingerprint density at radius 1 is 1.06 bits per heavy atom. The second-order valence-corrected chi connectivity index (χ2v) is 9.87. The highest BCUT2D eigenvalue weighted by Crippen LogP contribution is 2.31. The zero-order chi connectivity index (χ0) is 23.4. The fourth-order valence-corrected chi connectivity index (χ4v) is 4.83. The summed E-state index contributed by atoms with van der Waals surface area (Å²) < 4.78 is 14.4. The maximum Gasteiger partial charge on any atom is 0.257 e. The number of fused-ring (bicyclic) bond motifs is 1. The number of rotatable bonds is 8. The number of amides is 1. The first kappa shape index (κ1) is 23.4. The molecule has 0 saturated carbocycles. The molecule has 4 rings (SSSR count). The summed E-state index contributed by atoms with van der Waals surface area (Å²) in [7, 11) is 3.92. The van der Waals surface area contributed by atoms with Crippen LogP contribution in [0.15, 0.2) is 70.9 Å². The van der Waals surface area contributed by atoms with Crippen LogP contribution in [-0.4, -0.2) is 54.1 Å². The minimum Gasteiger partial charge on any atom is -0.333 e. The number of hydrogen-bond acceptors (Lipinski definition) is 5. The molecule has 4 nitrogen and oxygen atoms in total. The number of nitrogens with zero attached hydrogens (tertiary/aromatic N) is 3. The van der Waals surface area contributed by atoms with E-state index < -0.39 is 5.82 Å². The van der Waals surface area contributed by atoms with E-state index in [1.807, 2.05) is 42.8 Å². The number of halogens is 1. The summed E-state index contributed by atoms with van der Waals surface area (Å²) in [5.74, 6) is -0.818. The van der Waals surface area contributed by atoms with Gasteiger partial charge in [0.25, 0.3) is 5.91 Å². The van der Waals surface area contributed by atoms with Crippen molar-refractivity contribution in [1.29, 1.82) is 0 Å². The molecule has 0 unspecified atom stereocenters. The standard InChI is InChI=1S/C26H26FN3OS2/c1-29(2)12-13-30(26(31)21-7-4-5-8-22(21)27)17-19-15-18-10-11-20(32-3)16-23(18)28-25(19)24-9-6-14-33-24/h4-11,14-16H,12-13,17H2,1-3H3. The molecule has 0 aliphatic carbocycles. The molecule has 7 heteroatoms. The fourth-order valence-electron chi connectivity index (χ4n) is 3.65. The second-order valence-electron chi connectivity index (χ2n) is 8.04. The molecule has 2 aromatic carbocycles. The smallest absolute Gasteiger partial charge is 0.257 e. The fraction of sp³-hybridized carbons (Fsp3) is 0.231. The van der Waals surface area contributed by atoms with Crippen molar-refractivity contribution in [3.8, 4) is 10.6 Å². The number of benzene rings is 2. The normalized spacial score (nSPS) is 11.3. The van der Waals surface area contributed by atoms with Crippen LogP contribution in [-0.2, 0) is 6.54 Å². The molecule has 0 aliphatic heterocycles. The van der Waals surface area contributed by atoms with Gasteiger partial charge in [-0.3, -0.25) is 4.79 Å². The Morgan fingerprint density at radius 2 is 1.88 bits per heavy atom. The van der Waals surface area contributed by atoms with Crippen LogP contribution in [0.2, 0.25) is 0 Å². The van der Waals surface area contributed by atoms with Gasteiger partial charge in [-0.15, -0.1) is 23.1 Å². The molecule has 0 aliphatic rings. The summed E-state index contributed by atoms with van der Waals surface area (Å²) in [5.41, 5.74) is 2.83. The van der Waals surface area contributed by atoms with Crippen LogP contribution < -0.4 is 0 Å². The number of thiophene rings is 1. The second kappa shape index (κ2) is 10.5. The van der Waals surface area contributed by atoms with Crippen LogP contribution in [0.4, 0.5) is 4.39 Å². The van der Waals surface area contributed by atoms with Gasteiger partial charge in [0.1, 0.15) is 5.82 Å². The lowest BCUT2D eigenvalue weighted by Gasteiger charge is -2.26. The first-order valence-corrected chi connectivity index (χ1v) is 12.8. The number of thioether (sulfide) groups is 1. The summed E-state index contributed by atoms with van der Waals surface area (Å²) in [6.07, 6.45) is 2.05. The molecule has 0 spiro atoms. The Bertz CT molecular complexity index is 1260. The molecule has 33 heavy (non-hydrogen) atoms. The predicted molar refractivity (Wildman–Crippen MR) is 137 cm³/mol. The van der Waals surface area contributed by atoms with Crippen LogP contribution in [0.3, 0.4) is 0 Å². The van der Waals surface area contributed by atoms with Gasteiger partial charge in [0, 0.05) is 29.9 Å². The average molecular weight is 480 g/mol. The van der Waals surface area contributed by atoms with E-state index in [1.165, 1.54) is 6.07 Å². The summed E-state index contributed by atoms with van der Waals surface area (Å²) in [5, 5.41) is 3.05. The molecule has 0 radical (unpaired) electrons. The van der Waals surface area contributed by atoms with Crippen molar-refractivity contribution in [2.75, 3.05) is 33.4 Å². The Morgan fingerprint density at radius 3 is 2.58 bits per heavy atom. The van der Waals surface area contributed by atoms with Gasteiger partial charge in [0.2, 0.25) is 0 Å². The number of carbonyl (C=O) groups is 1. The van der Waals surface area contributed by atoms with Crippen LogP contribution in [0, 0.1) is 5.82 Å². The van der Waals surface area contributed by atoms with Crippen LogP contribution >= 0.6 is 23.1 Å². The van der Waals surface area contributed by atoms with Gasteiger partial charge in [-0.25, -0.2) is 9.37 Å². The maximum absolute atomic E-state index is 14.4. The van der Waals surface area contributed by atoms with E-state index in [-0.39, 0.29) is 11.5 Å². The van der Waals surface area contributed by atoms with Crippen molar-refractivity contribution < 1.29 is 9.18 Å². The topological polar surface area (TPSA) is 36.4 Å². The van der Waals surface area contributed by atoms with Crippen molar-refractivity contribution in [2.45, 2.75) is 11.4 Å². The molecule has 1 amide bonds. The monoisotopic (exact) mass is 479 g/mol. The summed E-state index contributed by atoms with van der Waals surface area (Å²) in [4.78, 5) is 24.3. The van der Waals surface area contributed by atoms with E-state index in [0.29, 0.717) is 19.6 Å². The molecule has 2 heterocycles. The number of likely N-dealkylation sites (N-methyl/N-ethyl adjacent to an activating group) is 1. The van der Waals surface area contributed by atoms with Gasteiger partial charge in [-0.2, -0.15) is 0 Å². The van der Waals surface area contributed by atoms with Gasteiger partial charge in [0.05, 0.1) is 21.7 Å². The van der Waals surface area contributed by atoms with Gasteiger partial charge < -0.3 is 9.80 Å². The third-order valence-electron chi connectivity index (χ3n) is 5.43. The van der Waals surface area contributed by atoms with Crippen molar-refractivity contribution >= 4 is 39.9 Å². The molecule has 0 fully saturated rings. The van der Waals surface area contributed by atoms with Crippen LogP contribution in [0.1, 0.15) is 15.9 Å². The van der Waals surface area contributed by atoms with Crippen LogP contribution in [0.5, 0.6) is 0 Å². The van der Waals surface area contributed by atoms with Crippen molar-refractivity contribution in [3.63, 3.8) is 0 Å². The summed E-state index contributed by atoms with van der Waals surface area (Å²) in [6.45, 7) is 1.50. The van der Waals surface area contributed by atoms with E-state index in [9.17, 15) is 9.18 Å². The molecular formula is C26H26FN3OS2. The quantitative estimate of drug-likeness (QED) is 0.289. The van der Waals surface area contributed by atoms with Gasteiger partial charge in [-0.1, -0.05) is 24.3 Å². The Balaban J connectivity index is 1.77. The van der Waals surface area contributed by atoms with Gasteiger partial charge in [-0.05, 0) is 67.7 Å². The van der Waals surface area contributed by atoms with Gasteiger partial charge >= 0.3 is 0 Å². The Hall–Kier alpha value is -2.74. The third-order valence-corrected chi connectivity index (χ3v) is 7.03. The number of carbonyl (C=O) groups excluding carboxylic acids is 1. The number of hydrogen-bond donors (Lipinski definition) is 0. The zero-order valence-electron chi connectivity index (χ0n) is 18.9. The highest BCUT2D eigenvalue weighted by Gasteiger charge is 2.22. The van der Waals surface area contributed by atoms with E-state index in [1.54, 1.807) is 46.2 Å². The van der Waals surface area contributed by atoms with Crippen molar-refractivity contribution in [2.24, 2.45) is 0 Å². The minimum absolute atomic E-state index is 0.0901. The van der Waals surface area contributed by atoms with E-state index in [2.05, 4.69) is 24.3 Å². The van der Waals surface area contributed by atoms with Crippen molar-refractivity contribution in [3.05, 3.63) is 83.0 Å². The summed E-state index contributed by atoms with van der Waals surface area (Å²) in [6, 6.07) is 18.6. The maximum atomic E-state index is 14.4. The molecule has 0 bridgehead atoms. The van der Waals surface area contributed by atoms with Gasteiger partial charge in [0.15, 0.2) is 0 Å². The lowest BCUT2D eigenvalue weighted by molar-refractivity contribution is 0.0727. The molecule has 0 atom stereocenters. The minimum atomic E-state index is -0.503. The lowest BCUT2D eigenvalue weighted by atomic mass is 10.1. The SMILES string of the molecule is CSc1ccc2cc(CN(CCN(C)C)C(=O)c3ccccc3F)c(-c3cccs3)nc2c1. The van der Waals surface area contributed by atoms with Crippen molar-refractivity contribution in [1.82, 2.24) is 14.8 Å². The van der Waals surface area contributed by atoms with E-state index >= 15 is 0 Å². The number of aromatic nitrogens is 1. The van der Waals surface area contributed by atoms with Crippen LogP contribution in [0.25, 0.3) is 21.5 Å². The number of pyridine rings is 1. The lowest BCUT2D eigenvalue weighted by Crippen LogP contribution is -2.36. The molecule has 2 aromatic heterocycles. The van der Waals surface area contributed by atoms with E-state index in [4.69, 9.17) is 4.98 Å². The van der Waals surface area contributed by atoms with E-state index in [0.717, 1.165) is 31.9 Å². The highest BCUT2D eigenvalue weighted by molar-refractivity contribution is 7.98. The Labute approximate surface area is 202 Å². The zero-order valence-corrected chi connectivity index (χ0v) is 20.5. The predicted octanol–water partition coefficient (Wildman–Crippen LogP) is 6.03. The molecular weight excluding hydrogens is 453 g/mol. The molecule has 170 valence electrons. The average Bonchev–Trinajstić information content (AvgIpc) is 3.35. The largest absolute Gasteiger partial charge is 0.333 e. The highest BCUT2D eigenvalue weighted by atomic mass is 32.2. The molecule has 4 aromatic rings. The third kappa shape index (κ3) is 5.43. The molecule has 0 saturated heterocycles. The molecule has 0 N–H and O–H groups in total. The first-order valence-electron chi connectivity index (χ1n) is 10.7. The summed E-state index contributed by atoms with van der Waals surface area (Å²) >= 11 is 3.31. The first-order chi connectivity index (χ1) is 16.0. The Kier molecular flexibility index (Phi) is 7.42.